The zero-order valence-corrected chi connectivity index (χ0v) is 17.1. The molecule has 7 heteroatoms. The van der Waals surface area contributed by atoms with Crippen LogP contribution in [0, 0.1) is 6.92 Å². The third kappa shape index (κ3) is 3.59. The Balaban J connectivity index is 1.36. The lowest BCUT2D eigenvalue weighted by atomic mass is 10.0. The van der Waals surface area contributed by atoms with Gasteiger partial charge in [0.05, 0.1) is 22.3 Å². The quantitative estimate of drug-likeness (QED) is 0.773. The average molecular weight is 422 g/mol. The Morgan fingerprint density at radius 3 is 2.63 bits per heavy atom. The van der Waals surface area contributed by atoms with Gasteiger partial charge in [-0.05, 0) is 55.0 Å². The van der Waals surface area contributed by atoms with Gasteiger partial charge in [-0.3, -0.25) is 4.99 Å². The molecule has 5 rings (SSSR count). The van der Waals surface area contributed by atoms with Crippen LogP contribution in [-0.4, -0.2) is 35.0 Å². The predicted octanol–water partition coefficient (Wildman–Crippen LogP) is 4.23. The van der Waals surface area contributed by atoms with Gasteiger partial charge in [0.1, 0.15) is 5.75 Å². The average Bonchev–Trinajstić information content (AvgIpc) is 3.50. The fraction of sp³-hybridized carbons (Fsp3) is 0.261. The van der Waals surface area contributed by atoms with Gasteiger partial charge in [-0.2, -0.15) is 0 Å². The van der Waals surface area contributed by atoms with Crippen molar-refractivity contribution >= 4 is 29.3 Å². The lowest BCUT2D eigenvalue weighted by Gasteiger charge is -2.19. The van der Waals surface area contributed by atoms with Crippen LogP contribution < -0.4 is 10.1 Å². The smallest absolute Gasteiger partial charge is 0.336 e. The van der Waals surface area contributed by atoms with E-state index in [0.717, 1.165) is 11.3 Å². The van der Waals surface area contributed by atoms with Crippen molar-refractivity contribution in [3.63, 3.8) is 0 Å². The Morgan fingerprint density at radius 1 is 1.17 bits per heavy atom. The number of dihydropyridines is 1. The SMILES string of the molecule is Cc1ccc(OC2=NC3N=C(c4ccc(C5CC5)cc4)C(Cl)=CC3N2)cc1C(=O)O. The number of carbonyl (C=O) groups is 1. The van der Waals surface area contributed by atoms with Gasteiger partial charge in [0, 0.05) is 5.56 Å². The molecular formula is C23H20ClN3O3. The number of rotatable bonds is 4. The highest BCUT2D eigenvalue weighted by Crippen LogP contribution is 2.40. The molecule has 2 N–H and O–H groups in total. The first-order valence-corrected chi connectivity index (χ1v) is 10.3. The second-order valence-electron chi connectivity index (χ2n) is 7.79. The summed E-state index contributed by atoms with van der Waals surface area (Å²) in [4.78, 5) is 20.6. The number of nitrogens with one attached hydrogen (secondary N) is 1. The van der Waals surface area contributed by atoms with Crippen molar-refractivity contribution in [2.75, 3.05) is 0 Å². The van der Waals surface area contributed by atoms with Crippen LogP contribution in [0.5, 0.6) is 5.75 Å². The molecule has 0 amide bonds. The molecule has 0 saturated heterocycles. The number of benzene rings is 2. The van der Waals surface area contributed by atoms with Crippen LogP contribution in [0.1, 0.15) is 45.8 Å². The topological polar surface area (TPSA) is 83.3 Å². The van der Waals surface area contributed by atoms with Gasteiger partial charge in [0.15, 0.2) is 6.17 Å². The number of hydrogen-bond acceptors (Lipinski definition) is 5. The van der Waals surface area contributed by atoms with Crippen molar-refractivity contribution in [1.29, 1.82) is 0 Å². The van der Waals surface area contributed by atoms with E-state index in [0.29, 0.717) is 28.3 Å². The Kier molecular flexibility index (Phi) is 4.59. The molecule has 0 aromatic heterocycles. The number of nitrogens with zero attached hydrogens (tertiary/aromatic N) is 2. The molecule has 2 aliphatic heterocycles. The lowest BCUT2D eigenvalue weighted by Crippen LogP contribution is -2.37. The molecule has 0 radical (unpaired) electrons. The minimum Gasteiger partial charge on any atom is -0.478 e. The van der Waals surface area contributed by atoms with Crippen LogP contribution in [0.4, 0.5) is 0 Å². The summed E-state index contributed by atoms with van der Waals surface area (Å²) in [5.74, 6) is 0.108. The molecule has 2 heterocycles. The number of carboxylic acids is 1. The minimum atomic E-state index is -0.996. The van der Waals surface area contributed by atoms with Crippen LogP contribution >= 0.6 is 11.6 Å². The summed E-state index contributed by atoms with van der Waals surface area (Å²) in [5.41, 5.74) is 3.91. The first-order chi connectivity index (χ1) is 14.5. The third-order valence-corrected chi connectivity index (χ3v) is 5.87. The summed E-state index contributed by atoms with van der Waals surface area (Å²) in [5, 5.41) is 13.0. The fourth-order valence-corrected chi connectivity index (χ4v) is 4.02. The number of aromatic carboxylic acids is 1. The maximum Gasteiger partial charge on any atom is 0.336 e. The van der Waals surface area contributed by atoms with E-state index in [1.165, 1.54) is 24.5 Å². The number of amidine groups is 1. The van der Waals surface area contributed by atoms with Gasteiger partial charge in [0.2, 0.25) is 0 Å². The number of aliphatic imine (C=N–C) groups is 2. The van der Waals surface area contributed by atoms with Crippen LogP contribution in [0.15, 0.2) is 63.6 Å². The molecule has 30 heavy (non-hydrogen) atoms. The predicted molar refractivity (Wildman–Crippen MR) is 116 cm³/mol. The largest absolute Gasteiger partial charge is 0.478 e. The highest BCUT2D eigenvalue weighted by Gasteiger charge is 2.33. The van der Waals surface area contributed by atoms with Gasteiger partial charge in [0.25, 0.3) is 6.02 Å². The van der Waals surface area contributed by atoms with E-state index in [2.05, 4.69) is 34.6 Å². The molecule has 2 aromatic carbocycles. The van der Waals surface area contributed by atoms with Crippen LogP contribution in [-0.2, 0) is 0 Å². The molecular weight excluding hydrogens is 402 g/mol. The summed E-state index contributed by atoms with van der Waals surface area (Å²) in [6.07, 6.45) is 4.04. The molecule has 1 aliphatic carbocycles. The first kappa shape index (κ1) is 18.9. The third-order valence-electron chi connectivity index (χ3n) is 5.56. The highest BCUT2D eigenvalue weighted by atomic mass is 35.5. The lowest BCUT2D eigenvalue weighted by molar-refractivity contribution is 0.0695. The van der Waals surface area contributed by atoms with Crippen molar-refractivity contribution in [3.8, 4) is 5.75 Å². The normalized spacial score (nSPS) is 22.4. The van der Waals surface area contributed by atoms with Crippen molar-refractivity contribution < 1.29 is 14.6 Å². The highest BCUT2D eigenvalue weighted by molar-refractivity contribution is 6.46. The van der Waals surface area contributed by atoms with Gasteiger partial charge >= 0.3 is 5.97 Å². The summed E-state index contributed by atoms with van der Waals surface area (Å²) in [6.45, 7) is 1.74. The fourth-order valence-electron chi connectivity index (χ4n) is 3.73. The number of aryl methyl sites for hydroxylation is 1. The molecule has 3 aliphatic rings. The van der Waals surface area contributed by atoms with Gasteiger partial charge in [-0.15, -0.1) is 0 Å². The summed E-state index contributed by atoms with van der Waals surface area (Å²) >= 11 is 6.51. The Labute approximate surface area is 179 Å². The van der Waals surface area contributed by atoms with Crippen LogP contribution in [0.2, 0.25) is 0 Å². The van der Waals surface area contributed by atoms with Gasteiger partial charge in [-0.1, -0.05) is 41.9 Å². The first-order valence-electron chi connectivity index (χ1n) is 9.90. The molecule has 2 unspecified atom stereocenters. The number of allylic oxidation sites excluding steroid dienone is 1. The molecule has 2 aromatic rings. The number of halogens is 1. The molecule has 6 nitrogen and oxygen atoms in total. The molecule has 2 atom stereocenters. The summed E-state index contributed by atoms with van der Waals surface area (Å²) in [7, 11) is 0. The Hall–Kier alpha value is -3.12. The van der Waals surface area contributed by atoms with E-state index in [9.17, 15) is 9.90 Å². The van der Waals surface area contributed by atoms with Crippen LogP contribution in [0.3, 0.4) is 0 Å². The molecule has 1 saturated carbocycles. The second kappa shape index (κ2) is 7.29. The number of hydrogen-bond donors (Lipinski definition) is 2. The monoisotopic (exact) mass is 421 g/mol. The van der Waals surface area contributed by atoms with E-state index in [1.807, 2.05) is 6.08 Å². The van der Waals surface area contributed by atoms with Crippen LogP contribution in [0.25, 0.3) is 0 Å². The van der Waals surface area contributed by atoms with Crippen molar-refractivity contribution in [3.05, 3.63) is 75.8 Å². The molecule has 0 bridgehead atoms. The van der Waals surface area contributed by atoms with Crippen molar-refractivity contribution in [2.45, 2.75) is 37.9 Å². The standard InChI is InChI=1S/C23H20ClN3O3/c1-12-2-9-16(10-17(12)22(28)29)30-23-25-19-11-18(24)20(26-21(19)27-23)15-7-5-14(6-8-15)13-3-4-13/h2,5-11,13,19,21H,3-4H2,1H3,(H,25,27)(H,28,29). The maximum atomic E-state index is 11.3. The number of carboxylic acid groups (broad SMARTS) is 1. The second-order valence-corrected chi connectivity index (χ2v) is 8.20. The summed E-state index contributed by atoms with van der Waals surface area (Å²) < 4.78 is 5.77. The van der Waals surface area contributed by atoms with Crippen molar-refractivity contribution in [1.82, 2.24) is 5.32 Å². The van der Waals surface area contributed by atoms with E-state index in [-0.39, 0.29) is 17.8 Å². The van der Waals surface area contributed by atoms with E-state index >= 15 is 0 Å². The maximum absolute atomic E-state index is 11.3. The molecule has 0 spiro atoms. The zero-order valence-electron chi connectivity index (χ0n) is 16.3. The van der Waals surface area contributed by atoms with Crippen molar-refractivity contribution in [2.24, 2.45) is 9.98 Å². The summed E-state index contributed by atoms with van der Waals surface area (Å²) in [6, 6.07) is 13.4. The molecule has 1 fully saturated rings. The number of ether oxygens (including phenoxy) is 1. The molecule has 152 valence electrons. The van der Waals surface area contributed by atoms with E-state index in [1.54, 1.807) is 19.1 Å². The Bertz CT molecular complexity index is 1120. The minimum absolute atomic E-state index is 0.196. The Morgan fingerprint density at radius 2 is 1.93 bits per heavy atom. The van der Waals surface area contributed by atoms with E-state index < -0.39 is 5.97 Å². The zero-order chi connectivity index (χ0) is 20.8. The van der Waals surface area contributed by atoms with Gasteiger partial charge in [-0.25, -0.2) is 9.79 Å². The van der Waals surface area contributed by atoms with E-state index in [4.69, 9.17) is 21.3 Å². The number of fused-ring (bicyclic) bond motifs is 1. The van der Waals surface area contributed by atoms with Gasteiger partial charge < -0.3 is 15.2 Å².